The van der Waals surface area contributed by atoms with Crippen molar-refractivity contribution in [1.82, 2.24) is 0 Å². The molecule has 0 aromatic rings. The first-order valence-corrected chi connectivity index (χ1v) is 4.41. The van der Waals surface area contributed by atoms with Crippen LogP contribution >= 0.6 is 0 Å². The molecule has 0 radical (unpaired) electrons. The number of carboxylic acids is 1. The highest BCUT2D eigenvalue weighted by atomic mass is 16.5. The van der Waals surface area contributed by atoms with Gasteiger partial charge in [0.25, 0.3) is 0 Å². The minimum atomic E-state index is -1.10. The number of ether oxygens (including phenoxy) is 1. The van der Waals surface area contributed by atoms with E-state index in [1.54, 1.807) is 6.92 Å². The molecule has 0 spiro atoms. The molecule has 1 N–H and O–H groups in total. The van der Waals surface area contributed by atoms with E-state index >= 15 is 0 Å². The van der Waals surface area contributed by atoms with Gasteiger partial charge in [-0.2, -0.15) is 0 Å². The van der Waals surface area contributed by atoms with Crippen LogP contribution in [0.2, 0.25) is 0 Å². The quantitative estimate of drug-likeness (QED) is 0.504. The van der Waals surface area contributed by atoms with Gasteiger partial charge in [0.15, 0.2) is 0 Å². The molecule has 0 fully saturated rings. The standard InChI is InChI=1S/C9H14O5/c1-3-4-14-9(13)8(12)6(2)5-7(10)11/h6H,3-5H2,1-2H3,(H,10,11). The van der Waals surface area contributed by atoms with Crippen molar-refractivity contribution >= 4 is 17.7 Å². The summed E-state index contributed by atoms with van der Waals surface area (Å²) >= 11 is 0. The third-order valence-electron chi connectivity index (χ3n) is 1.57. The Kier molecular flexibility index (Phi) is 5.52. The Morgan fingerprint density at radius 3 is 2.36 bits per heavy atom. The van der Waals surface area contributed by atoms with Crippen LogP contribution in [0.1, 0.15) is 26.7 Å². The van der Waals surface area contributed by atoms with E-state index in [4.69, 9.17) is 5.11 Å². The lowest BCUT2D eigenvalue weighted by Gasteiger charge is -2.06. The molecule has 0 aliphatic carbocycles. The topological polar surface area (TPSA) is 80.7 Å². The second kappa shape index (κ2) is 6.12. The van der Waals surface area contributed by atoms with E-state index in [0.717, 1.165) is 0 Å². The summed E-state index contributed by atoms with van der Waals surface area (Å²) in [5.74, 6) is -3.65. The Morgan fingerprint density at radius 1 is 1.36 bits per heavy atom. The molecule has 0 aromatic heterocycles. The predicted molar refractivity (Wildman–Crippen MR) is 47.7 cm³/mol. The molecular formula is C9H14O5. The lowest BCUT2D eigenvalue weighted by atomic mass is 10.0. The molecule has 80 valence electrons. The molecule has 0 saturated heterocycles. The summed E-state index contributed by atoms with van der Waals surface area (Å²) in [5, 5.41) is 8.39. The van der Waals surface area contributed by atoms with E-state index in [2.05, 4.69) is 4.74 Å². The summed E-state index contributed by atoms with van der Waals surface area (Å²) in [7, 11) is 0. The Balaban J connectivity index is 4.04. The van der Waals surface area contributed by atoms with Crippen molar-refractivity contribution in [3.8, 4) is 0 Å². The van der Waals surface area contributed by atoms with Gasteiger partial charge < -0.3 is 9.84 Å². The monoisotopic (exact) mass is 202 g/mol. The van der Waals surface area contributed by atoms with Gasteiger partial charge in [0, 0.05) is 5.92 Å². The number of hydrogen-bond donors (Lipinski definition) is 1. The van der Waals surface area contributed by atoms with E-state index in [-0.39, 0.29) is 13.0 Å². The highest BCUT2D eigenvalue weighted by molar-refractivity contribution is 6.34. The van der Waals surface area contributed by atoms with Gasteiger partial charge in [0.1, 0.15) is 0 Å². The Morgan fingerprint density at radius 2 is 1.93 bits per heavy atom. The van der Waals surface area contributed by atoms with Gasteiger partial charge in [0.05, 0.1) is 13.0 Å². The van der Waals surface area contributed by atoms with Gasteiger partial charge in [-0.3, -0.25) is 9.59 Å². The predicted octanol–water partition coefficient (Wildman–Crippen LogP) is 0.620. The van der Waals surface area contributed by atoms with Gasteiger partial charge in [0.2, 0.25) is 5.78 Å². The largest absolute Gasteiger partial charge is 0.481 e. The summed E-state index contributed by atoms with van der Waals surface area (Å²) in [4.78, 5) is 32.4. The van der Waals surface area contributed by atoms with Crippen molar-refractivity contribution in [1.29, 1.82) is 0 Å². The van der Waals surface area contributed by atoms with Crippen LogP contribution in [0.15, 0.2) is 0 Å². The zero-order valence-corrected chi connectivity index (χ0v) is 8.28. The first-order valence-electron chi connectivity index (χ1n) is 4.41. The van der Waals surface area contributed by atoms with Crippen molar-refractivity contribution in [2.24, 2.45) is 5.92 Å². The fourth-order valence-electron chi connectivity index (χ4n) is 0.822. The molecule has 0 rings (SSSR count). The normalized spacial score (nSPS) is 11.9. The molecule has 14 heavy (non-hydrogen) atoms. The van der Waals surface area contributed by atoms with Gasteiger partial charge in [-0.25, -0.2) is 4.79 Å². The van der Waals surface area contributed by atoms with Crippen molar-refractivity contribution in [2.75, 3.05) is 6.61 Å². The molecule has 0 amide bonds. The second-order valence-corrected chi connectivity index (χ2v) is 3.00. The molecule has 5 nitrogen and oxygen atoms in total. The Labute approximate surface area is 82.1 Å². The van der Waals surface area contributed by atoms with Crippen molar-refractivity contribution < 1.29 is 24.2 Å². The fraction of sp³-hybridized carbons (Fsp3) is 0.667. The van der Waals surface area contributed by atoms with E-state index in [0.29, 0.717) is 6.42 Å². The number of rotatable bonds is 6. The lowest BCUT2D eigenvalue weighted by molar-refractivity contribution is -0.156. The molecule has 1 atom stereocenters. The SMILES string of the molecule is CCCOC(=O)C(=O)C(C)CC(=O)O. The lowest BCUT2D eigenvalue weighted by Crippen LogP contribution is -2.26. The maximum atomic E-state index is 11.1. The highest BCUT2D eigenvalue weighted by Gasteiger charge is 2.24. The summed E-state index contributed by atoms with van der Waals surface area (Å²) in [6, 6.07) is 0. The van der Waals surface area contributed by atoms with Gasteiger partial charge in [-0.1, -0.05) is 13.8 Å². The molecule has 5 heteroatoms. The van der Waals surface area contributed by atoms with Crippen LogP contribution in [-0.4, -0.2) is 29.4 Å². The maximum Gasteiger partial charge on any atom is 0.374 e. The average Bonchev–Trinajstić information content (AvgIpc) is 2.11. The average molecular weight is 202 g/mol. The fourth-order valence-corrected chi connectivity index (χ4v) is 0.822. The maximum absolute atomic E-state index is 11.1. The zero-order chi connectivity index (χ0) is 11.1. The van der Waals surface area contributed by atoms with Crippen molar-refractivity contribution in [3.63, 3.8) is 0 Å². The summed E-state index contributed by atoms with van der Waals surface area (Å²) in [6.45, 7) is 3.38. The van der Waals surface area contributed by atoms with Crippen LogP contribution in [0.25, 0.3) is 0 Å². The number of carbonyl (C=O) groups excluding carboxylic acids is 2. The van der Waals surface area contributed by atoms with Crippen LogP contribution in [0.4, 0.5) is 0 Å². The van der Waals surface area contributed by atoms with Crippen LogP contribution in [0, 0.1) is 5.92 Å². The number of esters is 1. The number of Topliss-reactive ketones (excluding diaryl/α,β-unsaturated/α-hetero) is 1. The molecule has 1 unspecified atom stereocenters. The number of ketones is 1. The summed E-state index contributed by atoms with van der Waals surface area (Å²) in [5.41, 5.74) is 0. The molecule has 0 aliphatic heterocycles. The van der Waals surface area contributed by atoms with Gasteiger partial charge in [-0.05, 0) is 6.42 Å². The van der Waals surface area contributed by atoms with Crippen LogP contribution in [-0.2, 0) is 19.1 Å². The van der Waals surface area contributed by atoms with Crippen molar-refractivity contribution in [2.45, 2.75) is 26.7 Å². The molecule has 0 bridgehead atoms. The zero-order valence-electron chi connectivity index (χ0n) is 8.28. The van der Waals surface area contributed by atoms with Gasteiger partial charge in [-0.15, -0.1) is 0 Å². The van der Waals surface area contributed by atoms with Crippen LogP contribution in [0.5, 0.6) is 0 Å². The summed E-state index contributed by atoms with van der Waals surface area (Å²) in [6.07, 6.45) is 0.284. The molecule has 0 saturated carbocycles. The molecule has 0 aromatic carbocycles. The minimum absolute atomic E-state index is 0.185. The van der Waals surface area contributed by atoms with E-state index in [1.807, 2.05) is 0 Å². The number of carbonyl (C=O) groups is 3. The van der Waals surface area contributed by atoms with E-state index < -0.39 is 23.6 Å². The number of carboxylic acid groups (broad SMARTS) is 1. The number of aliphatic carboxylic acids is 1. The molecule has 0 heterocycles. The Bertz CT molecular complexity index is 233. The second-order valence-electron chi connectivity index (χ2n) is 3.00. The van der Waals surface area contributed by atoms with Crippen molar-refractivity contribution in [3.05, 3.63) is 0 Å². The highest BCUT2D eigenvalue weighted by Crippen LogP contribution is 2.04. The third-order valence-corrected chi connectivity index (χ3v) is 1.57. The first kappa shape index (κ1) is 12.6. The summed E-state index contributed by atoms with van der Waals surface area (Å²) < 4.78 is 4.57. The minimum Gasteiger partial charge on any atom is -0.481 e. The van der Waals surface area contributed by atoms with Crippen LogP contribution in [0.3, 0.4) is 0 Å². The van der Waals surface area contributed by atoms with E-state index in [1.165, 1.54) is 6.92 Å². The smallest absolute Gasteiger partial charge is 0.374 e. The molecular weight excluding hydrogens is 188 g/mol. The first-order chi connectivity index (χ1) is 6.49. The molecule has 0 aliphatic rings. The Hall–Kier alpha value is -1.39. The third kappa shape index (κ3) is 4.59. The van der Waals surface area contributed by atoms with E-state index in [9.17, 15) is 14.4 Å². The number of hydrogen-bond acceptors (Lipinski definition) is 4. The van der Waals surface area contributed by atoms with Crippen LogP contribution < -0.4 is 0 Å². The van der Waals surface area contributed by atoms with Gasteiger partial charge >= 0.3 is 11.9 Å².